The standard InChI is InChI=1S/C22H24N2O4S/c1-15-9-12-19(29(26,27)23-21-8-6-5-7-16(21)2)13-20(15)22(25)24(4)14-18-11-10-17(3)28-18/h5-13,23H,14H2,1-4H3. The molecular formula is C22H24N2O4S. The summed E-state index contributed by atoms with van der Waals surface area (Å²) in [6.45, 7) is 5.74. The summed E-state index contributed by atoms with van der Waals surface area (Å²) in [6.07, 6.45) is 0. The number of furan rings is 1. The van der Waals surface area contributed by atoms with Crippen LogP contribution in [0.5, 0.6) is 0 Å². The SMILES string of the molecule is Cc1ccc(CN(C)C(=O)c2cc(S(=O)(=O)Nc3ccccc3C)ccc2C)o1. The maximum absolute atomic E-state index is 12.9. The molecule has 0 saturated carbocycles. The second-order valence-electron chi connectivity index (χ2n) is 7.07. The monoisotopic (exact) mass is 412 g/mol. The highest BCUT2D eigenvalue weighted by molar-refractivity contribution is 7.92. The van der Waals surface area contributed by atoms with Gasteiger partial charge in [0.15, 0.2) is 0 Å². The number of rotatable bonds is 6. The lowest BCUT2D eigenvalue weighted by Gasteiger charge is -2.18. The van der Waals surface area contributed by atoms with Gasteiger partial charge in [-0.15, -0.1) is 0 Å². The van der Waals surface area contributed by atoms with Gasteiger partial charge in [0.25, 0.3) is 15.9 Å². The summed E-state index contributed by atoms with van der Waals surface area (Å²) in [7, 11) is -2.17. The fraction of sp³-hybridized carbons (Fsp3) is 0.227. The van der Waals surface area contributed by atoms with Crippen molar-refractivity contribution in [2.45, 2.75) is 32.2 Å². The normalized spacial score (nSPS) is 11.3. The smallest absolute Gasteiger partial charge is 0.261 e. The second-order valence-corrected chi connectivity index (χ2v) is 8.75. The number of carbonyl (C=O) groups excluding carboxylic acids is 1. The summed E-state index contributed by atoms with van der Waals surface area (Å²) >= 11 is 0. The van der Waals surface area contributed by atoms with Gasteiger partial charge in [-0.2, -0.15) is 0 Å². The Morgan fingerprint density at radius 3 is 2.38 bits per heavy atom. The van der Waals surface area contributed by atoms with Crippen LogP contribution in [0.2, 0.25) is 0 Å². The Bertz CT molecular complexity index is 1150. The average molecular weight is 413 g/mol. The van der Waals surface area contributed by atoms with E-state index < -0.39 is 10.0 Å². The number of nitrogens with zero attached hydrogens (tertiary/aromatic N) is 1. The third-order valence-electron chi connectivity index (χ3n) is 4.67. The fourth-order valence-electron chi connectivity index (χ4n) is 2.97. The molecule has 2 aromatic carbocycles. The third kappa shape index (κ3) is 4.68. The lowest BCUT2D eigenvalue weighted by Crippen LogP contribution is -2.27. The van der Waals surface area contributed by atoms with E-state index in [-0.39, 0.29) is 10.8 Å². The van der Waals surface area contributed by atoms with Crippen LogP contribution in [0, 0.1) is 20.8 Å². The first-order valence-electron chi connectivity index (χ1n) is 9.17. The lowest BCUT2D eigenvalue weighted by atomic mass is 10.1. The Labute approximate surface area is 171 Å². The van der Waals surface area contributed by atoms with E-state index in [0.29, 0.717) is 29.1 Å². The quantitative estimate of drug-likeness (QED) is 0.655. The Morgan fingerprint density at radius 1 is 1.00 bits per heavy atom. The van der Waals surface area contributed by atoms with Crippen molar-refractivity contribution < 1.29 is 17.6 Å². The molecule has 3 aromatic rings. The van der Waals surface area contributed by atoms with Crippen LogP contribution >= 0.6 is 0 Å². The number of hydrogen-bond donors (Lipinski definition) is 1. The number of anilines is 1. The maximum Gasteiger partial charge on any atom is 0.261 e. The molecule has 0 saturated heterocycles. The molecule has 0 bridgehead atoms. The number of benzene rings is 2. The maximum atomic E-state index is 12.9. The summed E-state index contributed by atoms with van der Waals surface area (Å²) in [5.41, 5.74) is 2.36. The van der Waals surface area contributed by atoms with Gasteiger partial charge in [0.1, 0.15) is 11.5 Å². The van der Waals surface area contributed by atoms with E-state index >= 15 is 0 Å². The molecule has 1 N–H and O–H groups in total. The zero-order chi connectivity index (χ0) is 21.2. The van der Waals surface area contributed by atoms with Crippen LogP contribution in [0.1, 0.15) is 33.0 Å². The number of nitrogens with one attached hydrogen (secondary N) is 1. The summed E-state index contributed by atoms with van der Waals surface area (Å²) in [4.78, 5) is 14.5. The topological polar surface area (TPSA) is 79.6 Å². The van der Waals surface area contributed by atoms with Crippen molar-refractivity contribution in [3.63, 3.8) is 0 Å². The number of carbonyl (C=O) groups is 1. The number of para-hydroxylation sites is 1. The number of sulfonamides is 1. The Morgan fingerprint density at radius 2 is 1.72 bits per heavy atom. The molecule has 1 heterocycles. The van der Waals surface area contributed by atoms with E-state index in [2.05, 4.69) is 4.72 Å². The molecule has 6 nitrogen and oxygen atoms in total. The molecule has 152 valence electrons. The molecule has 0 unspecified atom stereocenters. The van der Waals surface area contributed by atoms with E-state index in [0.717, 1.165) is 11.3 Å². The number of amides is 1. The minimum Gasteiger partial charge on any atom is -0.464 e. The van der Waals surface area contributed by atoms with Crippen LogP contribution in [0.3, 0.4) is 0 Å². The van der Waals surface area contributed by atoms with E-state index in [4.69, 9.17) is 4.42 Å². The van der Waals surface area contributed by atoms with Crippen molar-refractivity contribution in [1.82, 2.24) is 4.90 Å². The first-order valence-corrected chi connectivity index (χ1v) is 10.7. The highest BCUT2D eigenvalue weighted by Gasteiger charge is 2.21. The summed E-state index contributed by atoms with van der Waals surface area (Å²) < 4.78 is 33.8. The van der Waals surface area contributed by atoms with Crippen LogP contribution in [0.15, 0.2) is 63.9 Å². The van der Waals surface area contributed by atoms with Crippen LogP contribution in [0.25, 0.3) is 0 Å². The molecule has 0 aliphatic heterocycles. The summed E-state index contributed by atoms with van der Waals surface area (Å²) in [6, 6.07) is 15.4. The van der Waals surface area contributed by atoms with Crippen LogP contribution in [-0.2, 0) is 16.6 Å². The molecule has 0 atom stereocenters. The minimum absolute atomic E-state index is 0.0388. The molecule has 0 radical (unpaired) electrons. The molecular weight excluding hydrogens is 388 g/mol. The molecule has 1 amide bonds. The van der Waals surface area contributed by atoms with Gasteiger partial charge in [-0.05, 0) is 62.2 Å². The first-order chi connectivity index (χ1) is 13.7. The van der Waals surface area contributed by atoms with E-state index in [1.807, 2.05) is 38.1 Å². The number of aryl methyl sites for hydroxylation is 3. The first kappa shape index (κ1) is 20.7. The van der Waals surface area contributed by atoms with Crippen molar-refractivity contribution >= 4 is 21.6 Å². The van der Waals surface area contributed by atoms with Crippen molar-refractivity contribution in [3.8, 4) is 0 Å². The van der Waals surface area contributed by atoms with Gasteiger partial charge in [-0.25, -0.2) is 8.42 Å². The molecule has 0 fully saturated rings. The van der Waals surface area contributed by atoms with Crippen LogP contribution in [-0.4, -0.2) is 26.3 Å². The van der Waals surface area contributed by atoms with E-state index in [9.17, 15) is 13.2 Å². The van der Waals surface area contributed by atoms with Gasteiger partial charge in [0.2, 0.25) is 0 Å². The van der Waals surface area contributed by atoms with Crippen molar-refractivity contribution in [3.05, 3.63) is 82.8 Å². The lowest BCUT2D eigenvalue weighted by molar-refractivity contribution is 0.0774. The summed E-state index contributed by atoms with van der Waals surface area (Å²) in [5, 5.41) is 0. The fourth-order valence-corrected chi connectivity index (χ4v) is 4.13. The van der Waals surface area contributed by atoms with Gasteiger partial charge >= 0.3 is 0 Å². The number of hydrogen-bond acceptors (Lipinski definition) is 4. The highest BCUT2D eigenvalue weighted by atomic mass is 32.2. The predicted molar refractivity (Wildman–Crippen MR) is 112 cm³/mol. The van der Waals surface area contributed by atoms with Crippen LogP contribution < -0.4 is 4.72 Å². The van der Waals surface area contributed by atoms with Crippen molar-refractivity contribution in [2.24, 2.45) is 0 Å². The molecule has 3 rings (SSSR count). The highest BCUT2D eigenvalue weighted by Crippen LogP contribution is 2.22. The van der Waals surface area contributed by atoms with E-state index in [1.54, 1.807) is 32.2 Å². The minimum atomic E-state index is -3.83. The molecule has 29 heavy (non-hydrogen) atoms. The van der Waals surface area contributed by atoms with Crippen molar-refractivity contribution in [2.75, 3.05) is 11.8 Å². The summed E-state index contributed by atoms with van der Waals surface area (Å²) in [5.74, 6) is 1.16. The second kappa shape index (κ2) is 8.13. The average Bonchev–Trinajstić information content (AvgIpc) is 3.07. The zero-order valence-electron chi connectivity index (χ0n) is 16.9. The Hall–Kier alpha value is -3.06. The molecule has 1 aromatic heterocycles. The van der Waals surface area contributed by atoms with Gasteiger partial charge in [0.05, 0.1) is 17.1 Å². The van der Waals surface area contributed by atoms with Gasteiger partial charge < -0.3 is 9.32 Å². The molecule has 7 heteroatoms. The van der Waals surface area contributed by atoms with Gasteiger partial charge in [-0.3, -0.25) is 9.52 Å². The van der Waals surface area contributed by atoms with E-state index in [1.165, 1.54) is 17.0 Å². The van der Waals surface area contributed by atoms with Gasteiger partial charge in [-0.1, -0.05) is 24.3 Å². The zero-order valence-corrected chi connectivity index (χ0v) is 17.7. The molecule has 0 aliphatic rings. The third-order valence-corrected chi connectivity index (χ3v) is 6.04. The Balaban J connectivity index is 1.87. The van der Waals surface area contributed by atoms with Gasteiger partial charge in [0, 0.05) is 12.6 Å². The van der Waals surface area contributed by atoms with Crippen LogP contribution in [0.4, 0.5) is 5.69 Å². The predicted octanol–water partition coefficient (Wildman–Crippen LogP) is 4.28. The molecule has 0 spiro atoms. The van der Waals surface area contributed by atoms with Crippen molar-refractivity contribution in [1.29, 1.82) is 0 Å². The Kier molecular flexibility index (Phi) is 5.79. The molecule has 0 aliphatic carbocycles. The largest absolute Gasteiger partial charge is 0.464 e.